The largest absolute Gasteiger partial charge is 0.463 e. The lowest BCUT2D eigenvalue weighted by molar-refractivity contribution is -0.116. The van der Waals surface area contributed by atoms with Gasteiger partial charge < -0.3 is 9.73 Å². The number of furan rings is 1. The van der Waals surface area contributed by atoms with Crippen LogP contribution in [0.15, 0.2) is 70.1 Å². The van der Waals surface area contributed by atoms with Crippen molar-refractivity contribution >= 4 is 44.1 Å². The Morgan fingerprint density at radius 3 is 2.77 bits per heavy atom. The van der Waals surface area contributed by atoms with Gasteiger partial charge in [0.2, 0.25) is 5.91 Å². The first kappa shape index (κ1) is 18.3. The number of fused-ring (bicyclic) bond motifs is 2. The van der Waals surface area contributed by atoms with Crippen molar-refractivity contribution in [2.45, 2.75) is 13.5 Å². The lowest BCUT2D eigenvalue weighted by Crippen LogP contribution is -2.29. The highest BCUT2D eigenvalue weighted by Gasteiger charge is 2.19. The summed E-state index contributed by atoms with van der Waals surface area (Å²) in [6.45, 7) is 1.69. The predicted molar refractivity (Wildman–Crippen MR) is 117 cm³/mol. The summed E-state index contributed by atoms with van der Waals surface area (Å²) in [4.78, 5) is 34.8. The number of aryl methyl sites for hydroxylation is 1. The highest BCUT2D eigenvalue weighted by molar-refractivity contribution is 7.18. The van der Waals surface area contributed by atoms with Gasteiger partial charge in [0.25, 0.3) is 0 Å². The average molecular weight is 416 g/mol. The molecule has 0 unspecified atom stereocenters. The van der Waals surface area contributed by atoms with E-state index in [2.05, 4.69) is 15.3 Å². The number of hydrogen-bond donors (Lipinski definition) is 1. The van der Waals surface area contributed by atoms with Crippen molar-refractivity contribution in [2.75, 3.05) is 5.32 Å². The summed E-state index contributed by atoms with van der Waals surface area (Å²) >= 11 is 1.35. The van der Waals surface area contributed by atoms with Crippen LogP contribution in [0.2, 0.25) is 0 Å². The quantitative estimate of drug-likeness (QED) is 0.474. The number of nitrogens with one attached hydrogen (secondary N) is 1. The van der Waals surface area contributed by atoms with E-state index < -0.39 is 5.69 Å². The molecule has 0 aliphatic heterocycles. The molecule has 0 saturated carbocycles. The third-order valence-corrected chi connectivity index (χ3v) is 5.74. The van der Waals surface area contributed by atoms with Crippen LogP contribution in [0.5, 0.6) is 0 Å². The van der Waals surface area contributed by atoms with Crippen molar-refractivity contribution in [1.29, 1.82) is 0 Å². The first-order valence-electron chi connectivity index (χ1n) is 9.29. The van der Waals surface area contributed by atoms with E-state index in [1.807, 2.05) is 49.4 Å². The fourth-order valence-electron chi connectivity index (χ4n) is 3.44. The lowest BCUT2D eigenvalue weighted by Gasteiger charge is -2.11. The van der Waals surface area contributed by atoms with Gasteiger partial charge in [-0.25, -0.2) is 9.78 Å². The normalized spacial score (nSPS) is 11.2. The summed E-state index contributed by atoms with van der Waals surface area (Å²) in [7, 11) is 0. The van der Waals surface area contributed by atoms with Crippen LogP contribution in [0.1, 0.15) is 5.01 Å². The van der Waals surface area contributed by atoms with Gasteiger partial charge in [-0.05, 0) is 30.5 Å². The number of amides is 1. The number of benzene rings is 2. The number of rotatable bonds is 4. The molecule has 0 radical (unpaired) electrons. The second-order valence-corrected chi connectivity index (χ2v) is 7.95. The smallest absolute Gasteiger partial charge is 0.349 e. The highest BCUT2D eigenvalue weighted by Crippen LogP contribution is 2.29. The van der Waals surface area contributed by atoms with Gasteiger partial charge in [-0.1, -0.05) is 36.4 Å². The van der Waals surface area contributed by atoms with Gasteiger partial charge in [-0.15, -0.1) is 11.3 Å². The summed E-state index contributed by atoms with van der Waals surface area (Å²) < 4.78 is 6.76. The zero-order chi connectivity index (χ0) is 20.7. The van der Waals surface area contributed by atoms with E-state index in [9.17, 15) is 9.59 Å². The molecule has 1 amide bonds. The van der Waals surface area contributed by atoms with E-state index >= 15 is 0 Å². The Balaban J connectivity index is 1.52. The average Bonchev–Trinajstić information content (AvgIpc) is 3.40. The Labute approximate surface area is 174 Å². The van der Waals surface area contributed by atoms with E-state index in [1.165, 1.54) is 22.2 Å². The lowest BCUT2D eigenvalue weighted by atomic mass is 10.1. The molecule has 5 rings (SSSR count). The standard InChI is InChI=1S/C22H16N4O3S/c1-13-23-20-19(17-10-5-11-29-17)25-22(28)26(21(20)30-13)12-18(27)24-16-9-4-7-14-6-2-3-8-15(14)16/h2-11H,12H2,1H3,(H,24,27). The summed E-state index contributed by atoms with van der Waals surface area (Å²) in [5.74, 6) is 0.156. The van der Waals surface area contributed by atoms with Crippen molar-refractivity contribution in [3.05, 3.63) is 76.4 Å². The zero-order valence-corrected chi connectivity index (χ0v) is 16.8. The molecule has 1 N–H and O–H groups in total. The minimum atomic E-state index is -0.523. The predicted octanol–water partition coefficient (Wildman–Crippen LogP) is 4.21. The molecule has 2 aromatic carbocycles. The molecular formula is C22H16N4O3S. The topological polar surface area (TPSA) is 90.0 Å². The van der Waals surface area contributed by atoms with E-state index in [1.54, 1.807) is 12.1 Å². The molecule has 0 saturated heterocycles. The summed E-state index contributed by atoms with van der Waals surface area (Å²) in [5.41, 5.74) is 1.11. The van der Waals surface area contributed by atoms with E-state index in [0.29, 0.717) is 27.5 Å². The first-order valence-corrected chi connectivity index (χ1v) is 10.1. The number of carbonyl (C=O) groups is 1. The Morgan fingerprint density at radius 2 is 1.93 bits per heavy atom. The molecule has 7 nitrogen and oxygen atoms in total. The van der Waals surface area contributed by atoms with Gasteiger partial charge in [0.15, 0.2) is 5.76 Å². The maximum absolute atomic E-state index is 12.8. The third-order valence-electron chi connectivity index (χ3n) is 4.74. The van der Waals surface area contributed by atoms with Crippen LogP contribution in [0, 0.1) is 6.92 Å². The van der Waals surface area contributed by atoms with Crippen LogP contribution < -0.4 is 11.0 Å². The molecule has 5 aromatic rings. The van der Waals surface area contributed by atoms with Crippen molar-refractivity contribution in [2.24, 2.45) is 0 Å². The molecule has 8 heteroatoms. The van der Waals surface area contributed by atoms with Crippen LogP contribution in [0.3, 0.4) is 0 Å². The number of anilines is 1. The minimum Gasteiger partial charge on any atom is -0.463 e. The van der Waals surface area contributed by atoms with Crippen molar-refractivity contribution < 1.29 is 9.21 Å². The molecule has 30 heavy (non-hydrogen) atoms. The first-order chi connectivity index (χ1) is 14.6. The van der Waals surface area contributed by atoms with Crippen LogP contribution in [0.4, 0.5) is 5.69 Å². The maximum atomic E-state index is 12.8. The highest BCUT2D eigenvalue weighted by atomic mass is 32.1. The molecule has 0 spiro atoms. The molecule has 3 heterocycles. The van der Waals surface area contributed by atoms with Gasteiger partial charge in [-0.3, -0.25) is 9.36 Å². The maximum Gasteiger partial charge on any atom is 0.349 e. The number of thiazole rings is 1. The number of carbonyl (C=O) groups excluding carboxylic acids is 1. The second kappa shape index (κ2) is 7.23. The molecule has 148 valence electrons. The van der Waals surface area contributed by atoms with Crippen molar-refractivity contribution in [3.8, 4) is 11.5 Å². The van der Waals surface area contributed by atoms with Gasteiger partial charge >= 0.3 is 5.69 Å². The van der Waals surface area contributed by atoms with Gasteiger partial charge in [0.05, 0.1) is 11.3 Å². The Bertz CT molecular complexity index is 1450. The summed E-state index contributed by atoms with van der Waals surface area (Å²) in [5, 5.41) is 5.65. The van der Waals surface area contributed by atoms with E-state index in [-0.39, 0.29) is 12.5 Å². The Hall–Kier alpha value is -3.78. The van der Waals surface area contributed by atoms with Gasteiger partial charge in [-0.2, -0.15) is 4.98 Å². The van der Waals surface area contributed by atoms with Crippen LogP contribution in [0.25, 0.3) is 32.6 Å². The van der Waals surface area contributed by atoms with E-state index in [0.717, 1.165) is 15.8 Å². The van der Waals surface area contributed by atoms with Gasteiger partial charge in [0, 0.05) is 11.1 Å². The molecule has 0 bridgehead atoms. The number of hydrogen-bond acceptors (Lipinski definition) is 6. The minimum absolute atomic E-state index is 0.161. The number of nitrogens with zero attached hydrogens (tertiary/aromatic N) is 3. The van der Waals surface area contributed by atoms with Crippen LogP contribution in [-0.4, -0.2) is 20.4 Å². The SMILES string of the molecule is Cc1nc2c(-c3ccco3)nc(=O)n(CC(=O)Nc3cccc4ccccc34)c2s1. The van der Waals surface area contributed by atoms with E-state index in [4.69, 9.17) is 4.42 Å². The summed E-state index contributed by atoms with van der Waals surface area (Å²) in [6, 6.07) is 17.0. The molecular weight excluding hydrogens is 400 g/mol. The van der Waals surface area contributed by atoms with Crippen LogP contribution >= 0.6 is 11.3 Å². The fraction of sp³-hybridized carbons (Fsp3) is 0.0909. The summed E-state index contributed by atoms with van der Waals surface area (Å²) in [6.07, 6.45) is 1.52. The molecule has 3 aromatic heterocycles. The fourth-order valence-corrected chi connectivity index (χ4v) is 4.35. The zero-order valence-electron chi connectivity index (χ0n) is 16.0. The Morgan fingerprint density at radius 1 is 1.10 bits per heavy atom. The monoisotopic (exact) mass is 416 g/mol. The Kier molecular flexibility index (Phi) is 4.40. The van der Waals surface area contributed by atoms with Crippen molar-refractivity contribution in [1.82, 2.24) is 14.5 Å². The van der Waals surface area contributed by atoms with Gasteiger partial charge in [0.1, 0.15) is 22.6 Å². The number of aromatic nitrogens is 3. The van der Waals surface area contributed by atoms with Crippen molar-refractivity contribution in [3.63, 3.8) is 0 Å². The molecule has 0 fully saturated rings. The van der Waals surface area contributed by atoms with Crippen LogP contribution in [-0.2, 0) is 11.3 Å². The third kappa shape index (κ3) is 3.17. The second-order valence-electron chi connectivity index (χ2n) is 6.77. The molecule has 0 aliphatic carbocycles. The molecule has 0 atom stereocenters. The molecule has 0 aliphatic rings.